The zero-order chi connectivity index (χ0) is 22.0. The van der Waals surface area contributed by atoms with Gasteiger partial charge in [-0.2, -0.15) is 0 Å². The molecule has 2 heterocycles. The molecule has 0 aromatic heterocycles. The molecule has 0 radical (unpaired) electrons. The Morgan fingerprint density at radius 2 is 1.87 bits per heavy atom. The van der Waals surface area contributed by atoms with E-state index >= 15 is 0 Å². The van der Waals surface area contributed by atoms with Crippen LogP contribution in [0.1, 0.15) is 29.2 Å². The van der Waals surface area contributed by atoms with Crippen molar-refractivity contribution >= 4 is 11.5 Å². The number of anilines is 1. The van der Waals surface area contributed by atoms with Gasteiger partial charge in [-0.05, 0) is 41.3 Å². The van der Waals surface area contributed by atoms with Gasteiger partial charge in [-0.15, -0.1) is 0 Å². The Bertz CT molecular complexity index is 911. The average Bonchev–Trinajstić information content (AvgIpc) is 3.28. The van der Waals surface area contributed by atoms with Crippen molar-refractivity contribution in [2.45, 2.75) is 43.4 Å². The van der Waals surface area contributed by atoms with Crippen LogP contribution in [0, 0.1) is 0 Å². The zero-order valence-corrected chi connectivity index (χ0v) is 17.0. The van der Waals surface area contributed by atoms with Crippen molar-refractivity contribution in [1.82, 2.24) is 0 Å². The Morgan fingerprint density at radius 1 is 1.10 bits per heavy atom. The van der Waals surface area contributed by atoms with Gasteiger partial charge in [0.15, 0.2) is 5.78 Å². The fourth-order valence-electron chi connectivity index (χ4n) is 3.91. The van der Waals surface area contributed by atoms with E-state index in [0.29, 0.717) is 24.3 Å². The number of carbonyl (C=O) groups is 1. The maximum absolute atomic E-state index is 12.1. The molecule has 2 saturated heterocycles. The molecular formula is C23H27NO7. The number of hydrogen-bond acceptors (Lipinski definition) is 8. The predicted octanol–water partition coefficient (Wildman–Crippen LogP) is 0.750. The lowest BCUT2D eigenvalue weighted by Gasteiger charge is -2.35. The van der Waals surface area contributed by atoms with Crippen LogP contribution in [-0.4, -0.2) is 65.3 Å². The number of Topliss-reactive ketones (excluding diaryl/α,β-unsaturated/α-hetero) is 1. The Balaban J connectivity index is 1.49. The Kier molecular flexibility index (Phi) is 6.54. The van der Waals surface area contributed by atoms with Crippen LogP contribution in [0.15, 0.2) is 42.5 Å². The topological polar surface area (TPSA) is 131 Å². The number of aliphatic hydroxyl groups is 3. The standard InChI is InChI=1S/C23H27NO7/c24-18-6-3-14(23-22(28)21(27)20(26)19(11-25)31-23)10-15(18)9-13-1-4-16(5-2-13)30-17-7-8-29-12-17/h1-6,10,17,19-20,22-23,25-26,28H,7-9,11-12,24H2/t17-,19+,20+,22+,23-/m0/s1. The molecule has 0 aliphatic carbocycles. The highest BCUT2D eigenvalue weighted by molar-refractivity contribution is 5.89. The van der Waals surface area contributed by atoms with Crippen molar-refractivity contribution < 1.29 is 34.3 Å². The largest absolute Gasteiger partial charge is 0.488 e. The van der Waals surface area contributed by atoms with Gasteiger partial charge in [0, 0.05) is 12.1 Å². The average molecular weight is 429 g/mol. The second kappa shape index (κ2) is 9.33. The molecule has 0 amide bonds. The number of ether oxygens (including phenoxy) is 3. The summed E-state index contributed by atoms with van der Waals surface area (Å²) in [6.07, 6.45) is -3.64. The quantitative estimate of drug-likeness (QED) is 0.495. The molecule has 0 spiro atoms. The molecule has 2 aliphatic heterocycles. The summed E-state index contributed by atoms with van der Waals surface area (Å²) in [5.41, 5.74) is 9.11. The van der Waals surface area contributed by atoms with Gasteiger partial charge in [0.05, 0.1) is 19.8 Å². The zero-order valence-electron chi connectivity index (χ0n) is 17.0. The third kappa shape index (κ3) is 4.73. The number of benzene rings is 2. The molecular weight excluding hydrogens is 402 g/mol. The lowest BCUT2D eigenvalue weighted by atomic mass is 9.91. The van der Waals surface area contributed by atoms with E-state index in [-0.39, 0.29) is 6.10 Å². The molecule has 2 aromatic rings. The summed E-state index contributed by atoms with van der Waals surface area (Å²) in [7, 11) is 0. The monoisotopic (exact) mass is 429 g/mol. The summed E-state index contributed by atoms with van der Waals surface area (Å²) in [6, 6.07) is 12.9. The first-order valence-corrected chi connectivity index (χ1v) is 10.3. The van der Waals surface area contributed by atoms with Crippen molar-refractivity contribution in [3.05, 3.63) is 59.2 Å². The van der Waals surface area contributed by atoms with Crippen LogP contribution in [0.25, 0.3) is 0 Å². The highest BCUT2D eigenvalue weighted by Crippen LogP contribution is 2.32. The summed E-state index contributed by atoms with van der Waals surface area (Å²) in [6.45, 7) is 0.803. The van der Waals surface area contributed by atoms with Gasteiger partial charge >= 0.3 is 0 Å². The highest BCUT2D eigenvalue weighted by atomic mass is 16.5. The van der Waals surface area contributed by atoms with Crippen LogP contribution >= 0.6 is 0 Å². The molecule has 4 rings (SSSR count). The van der Waals surface area contributed by atoms with E-state index in [1.807, 2.05) is 24.3 Å². The van der Waals surface area contributed by atoms with E-state index in [2.05, 4.69) is 0 Å². The van der Waals surface area contributed by atoms with Gasteiger partial charge in [0.1, 0.15) is 36.3 Å². The molecule has 5 N–H and O–H groups in total. The fourth-order valence-corrected chi connectivity index (χ4v) is 3.91. The van der Waals surface area contributed by atoms with E-state index in [9.17, 15) is 20.1 Å². The smallest absolute Gasteiger partial charge is 0.195 e. The Hall–Kier alpha value is -2.49. The summed E-state index contributed by atoms with van der Waals surface area (Å²) >= 11 is 0. The predicted molar refractivity (Wildman–Crippen MR) is 112 cm³/mol. The number of aliphatic hydroxyl groups excluding tert-OH is 3. The molecule has 0 bridgehead atoms. The Morgan fingerprint density at radius 3 is 2.55 bits per heavy atom. The van der Waals surface area contributed by atoms with Gasteiger partial charge < -0.3 is 35.3 Å². The van der Waals surface area contributed by atoms with Crippen molar-refractivity contribution in [1.29, 1.82) is 0 Å². The van der Waals surface area contributed by atoms with Crippen LogP contribution < -0.4 is 10.5 Å². The van der Waals surface area contributed by atoms with E-state index in [0.717, 1.165) is 29.9 Å². The summed E-state index contributed by atoms with van der Waals surface area (Å²) in [5, 5.41) is 29.5. The van der Waals surface area contributed by atoms with E-state index in [1.54, 1.807) is 18.2 Å². The number of ketones is 1. The number of hydrogen-bond donors (Lipinski definition) is 4. The highest BCUT2D eigenvalue weighted by Gasteiger charge is 2.43. The first kappa shape index (κ1) is 21.7. The van der Waals surface area contributed by atoms with E-state index < -0.39 is 36.8 Å². The second-order valence-corrected chi connectivity index (χ2v) is 7.95. The minimum atomic E-state index is -1.55. The molecule has 0 unspecified atom stereocenters. The third-order valence-corrected chi connectivity index (χ3v) is 5.73. The number of nitrogens with two attached hydrogens (primary N) is 1. The lowest BCUT2D eigenvalue weighted by Crippen LogP contribution is -2.52. The minimum absolute atomic E-state index is 0.0871. The van der Waals surface area contributed by atoms with Gasteiger partial charge in [-0.3, -0.25) is 4.79 Å². The molecule has 2 aromatic carbocycles. The Labute approximate surface area is 180 Å². The van der Waals surface area contributed by atoms with Crippen LogP contribution in [0.4, 0.5) is 5.69 Å². The minimum Gasteiger partial charge on any atom is -0.488 e. The molecule has 8 nitrogen and oxygen atoms in total. The number of rotatable bonds is 6. The van der Waals surface area contributed by atoms with E-state index in [1.165, 1.54) is 0 Å². The number of carbonyl (C=O) groups excluding carboxylic acids is 1. The van der Waals surface area contributed by atoms with E-state index in [4.69, 9.17) is 19.9 Å². The van der Waals surface area contributed by atoms with Crippen LogP contribution in [0.5, 0.6) is 5.75 Å². The van der Waals surface area contributed by atoms with Crippen molar-refractivity contribution in [2.75, 3.05) is 25.6 Å². The van der Waals surface area contributed by atoms with Gasteiger partial charge in [0.2, 0.25) is 0 Å². The first-order chi connectivity index (χ1) is 15.0. The summed E-state index contributed by atoms with van der Waals surface area (Å²) in [5.74, 6) is 0.0174. The molecule has 8 heteroatoms. The SMILES string of the molecule is Nc1ccc([C@@H]2O[C@H](CO)[C@@H](O)C(=O)[C@H]2O)cc1Cc1ccc(O[C@H]2CCOC2)cc1. The summed E-state index contributed by atoms with van der Waals surface area (Å²) in [4.78, 5) is 12.1. The van der Waals surface area contributed by atoms with Crippen LogP contribution in [0.2, 0.25) is 0 Å². The van der Waals surface area contributed by atoms with Gasteiger partial charge in [-0.25, -0.2) is 0 Å². The summed E-state index contributed by atoms with van der Waals surface area (Å²) < 4.78 is 16.8. The molecule has 5 atom stereocenters. The lowest BCUT2D eigenvalue weighted by molar-refractivity contribution is -0.189. The van der Waals surface area contributed by atoms with Crippen LogP contribution in [-0.2, 0) is 20.7 Å². The normalized spacial score (nSPS) is 28.6. The molecule has 2 fully saturated rings. The molecule has 166 valence electrons. The fraction of sp³-hybridized carbons (Fsp3) is 0.435. The first-order valence-electron chi connectivity index (χ1n) is 10.3. The molecule has 2 aliphatic rings. The maximum Gasteiger partial charge on any atom is 0.195 e. The van der Waals surface area contributed by atoms with Crippen LogP contribution in [0.3, 0.4) is 0 Å². The van der Waals surface area contributed by atoms with Gasteiger partial charge in [-0.1, -0.05) is 24.3 Å². The van der Waals surface area contributed by atoms with Crippen molar-refractivity contribution in [2.24, 2.45) is 0 Å². The van der Waals surface area contributed by atoms with Crippen molar-refractivity contribution in [3.8, 4) is 5.75 Å². The molecule has 0 saturated carbocycles. The molecule has 31 heavy (non-hydrogen) atoms. The maximum atomic E-state index is 12.1. The number of nitrogen functional groups attached to an aromatic ring is 1. The second-order valence-electron chi connectivity index (χ2n) is 7.95. The van der Waals surface area contributed by atoms with Crippen molar-refractivity contribution in [3.63, 3.8) is 0 Å². The third-order valence-electron chi connectivity index (χ3n) is 5.73. The van der Waals surface area contributed by atoms with Gasteiger partial charge in [0.25, 0.3) is 0 Å².